The molecule has 29 heavy (non-hydrogen) atoms. The minimum absolute atomic E-state index is 0.253. The van der Waals surface area contributed by atoms with Gasteiger partial charge >= 0.3 is 5.97 Å². The lowest BCUT2D eigenvalue weighted by molar-refractivity contribution is -0.159. The highest BCUT2D eigenvalue weighted by Crippen LogP contribution is 2.56. The Balaban J connectivity index is 1.36. The molecule has 7 heteroatoms. The number of carbonyl (C=O) groups excluding carboxylic acids is 4. The molecule has 1 heterocycles. The van der Waals surface area contributed by atoms with Crippen molar-refractivity contribution in [2.75, 3.05) is 11.9 Å². The maximum Gasteiger partial charge on any atom is 0.329 e. The molecule has 0 spiro atoms. The molecule has 2 aliphatic carbocycles. The van der Waals surface area contributed by atoms with Crippen LogP contribution in [0.5, 0.6) is 0 Å². The first-order chi connectivity index (χ1) is 13.8. The fraction of sp³-hybridized carbons (Fsp3) is 0.545. The van der Waals surface area contributed by atoms with E-state index in [1.165, 1.54) is 6.92 Å². The fourth-order valence-electron chi connectivity index (χ4n) is 5.36. The monoisotopic (exact) mass is 398 g/mol. The summed E-state index contributed by atoms with van der Waals surface area (Å²) in [5, 5.41) is 2.75. The van der Waals surface area contributed by atoms with Gasteiger partial charge in [0.25, 0.3) is 5.91 Å². The van der Waals surface area contributed by atoms with Crippen LogP contribution in [0.3, 0.4) is 0 Å². The SMILES string of the molecule is Cc1cccc(C)c1NC(=O)COC(=O)[C@@H](C)N1C(=O)[C@H]2[C@H]3CC[C@@H](C3)[C@@H]2C1=O. The lowest BCUT2D eigenvalue weighted by Crippen LogP contribution is -2.45. The summed E-state index contributed by atoms with van der Waals surface area (Å²) in [4.78, 5) is 51.4. The van der Waals surface area contributed by atoms with Crippen molar-refractivity contribution in [1.29, 1.82) is 0 Å². The van der Waals surface area contributed by atoms with E-state index in [0.717, 1.165) is 35.3 Å². The van der Waals surface area contributed by atoms with Crippen LogP contribution in [0.25, 0.3) is 0 Å². The van der Waals surface area contributed by atoms with Gasteiger partial charge in [0.2, 0.25) is 11.8 Å². The summed E-state index contributed by atoms with van der Waals surface area (Å²) in [6.45, 7) is 4.78. The zero-order chi connectivity index (χ0) is 20.9. The summed E-state index contributed by atoms with van der Waals surface area (Å²) < 4.78 is 5.12. The highest BCUT2D eigenvalue weighted by Gasteiger charge is 2.62. The number of carbonyl (C=O) groups is 4. The zero-order valence-corrected chi connectivity index (χ0v) is 16.9. The van der Waals surface area contributed by atoms with Crippen molar-refractivity contribution in [3.05, 3.63) is 29.3 Å². The number of imide groups is 1. The number of esters is 1. The van der Waals surface area contributed by atoms with Crippen molar-refractivity contribution in [2.45, 2.75) is 46.1 Å². The van der Waals surface area contributed by atoms with E-state index in [4.69, 9.17) is 4.74 Å². The largest absolute Gasteiger partial charge is 0.454 e. The van der Waals surface area contributed by atoms with Crippen molar-refractivity contribution in [3.63, 3.8) is 0 Å². The molecular formula is C22H26N2O5. The van der Waals surface area contributed by atoms with Gasteiger partial charge in [0.05, 0.1) is 11.8 Å². The topological polar surface area (TPSA) is 92.8 Å². The molecule has 1 aliphatic heterocycles. The molecule has 0 unspecified atom stereocenters. The van der Waals surface area contributed by atoms with E-state index in [1.807, 2.05) is 32.0 Å². The van der Waals surface area contributed by atoms with Crippen molar-refractivity contribution in [3.8, 4) is 0 Å². The second-order valence-electron chi connectivity index (χ2n) is 8.53. The first-order valence-electron chi connectivity index (χ1n) is 10.2. The first-order valence-corrected chi connectivity index (χ1v) is 10.2. The van der Waals surface area contributed by atoms with Crippen molar-refractivity contribution in [1.82, 2.24) is 4.90 Å². The van der Waals surface area contributed by atoms with Gasteiger partial charge in [-0.1, -0.05) is 18.2 Å². The van der Waals surface area contributed by atoms with Crippen molar-refractivity contribution >= 4 is 29.4 Å². The molecule has 1 N–H and O–H groups in total. The Labute approximate surface area is 169 Å². The normalized spacial score (nSPS) is 28.4. The predicted molar refractivity (Wildman–Crippen MR) is 105 cm³/mol. The molecule has 3 aliphatic rings. The number of anilines is 1. The number of nitrogens with zero attached hydrogens (tertiary/aromatic N) is 1. The highest BCUT2D eigenvalue weighted by molar-refractivity contribution is 6.08. The number of nitrogens with one attached hydrogen (secondary N) is 1. The van der Waals surface area contributed by atoms with Crippen LogP contribution in [0.4, 0.5) is 5.69 Å². The molecule has 154 valence electrons. The fourth-order valence-corrected chi connectivity index (χ4v) is 5.36. The van der Waals surface area contributed by atoms with Crippen LogP contribution in [-0.4, -0.2) is 41.2 Å². The van der Waals surface area contributed by atoms with Crippen LogP contribution in [0, 0.1) is 37.5 Å². The number of ether oxygens (including phenoxy) is 1. The zero-order valence-electron chi connectivity index (χ0n) is 16.9. The van der Waals surface area contributed by atoms with Gasteiger partial charge in [0.15, 0.2) is 6.61 Å². The average molecular weight is 398 g/mol. The number of likely N-dealkylation sites (tertiary alicyclic amines) is 1. The number of amides is 3. The lowest BCUT2D eigenvalue weighted by atomic mass is 9.81. The quantitative estimate of drug-likeness (QED) is 0.606. The first kappa shape index (κ1) is 19.6. The van der Waals surface area contributed by atoms with E-state index in [1.54, 1.807) is 0 Å². The van der Waals surface area contributed by atoms with Crippen molar-refractivity contribution in [2.24, 2.45) is 23.7 Å². The van der Waals surface area contributed by atoms with Gasteiger partial charge in [-0.2, -0.15) is 0 Å². The Bertz CT molecular complexity index is 847. The predicted octanol–water partition coefficient (Wildman–Crippen LogP) is 2.20. The van der Waals surface area contributed by atoms with Crippen LogP contribution >= 0.6 is 0 Å². The van der Waals surface area contributed by atoms with Gasteiger partial charge in [0, 0.05) is 5.69 Å². The number of fused-ring (bicyclic) bond motifs is 5. The van der Waals surface area contributed by atoms with Crippen LogP contribution in [0.1, 0.15) is 37.3 Å². The van der Waals surface area contributed by atoms with Gasteiger partial charge in [-0.05, 0) is 63.0 Å². The summed E-state index contributed by atoms with van der Waals surface area (Å²) in [6.07, 6.45) is 2.91. The number of hydrogen-bond acceptors (Lipinski definition) is 5. The molecule has 3 fully saturated rings. The summed E-state index contributed by atoms with van der Waals surface area (Å²) in [5.41, 5.74) is 2.51. The average Bonchev–Trinajstić information content (AvgIpc) is 3.36. The molecule has 0 aromatic heterocycles. The standard InChI is InChI=1S/C22H26N2O5/c1-11-5-4-6-12(2)19(11)23-16(25)10-29-22(28)13(3)24-20(26)17-14-7-8-15(9-14)18(17)21(24)27/h4-6,13-15,17-18H,7-10H2,1-3H3,(H,23,25)/t13-,14+,15+,17+,18+/m1/s1. The van der Waals surface area contributed by atoms with Crippen LogP contribution in [-0.2, 0) is 23.9 Å². The van der Waals surface area contributed by atoms with Crippen LogP contribution in [0.15, 0.2) is 18.2 Å². The van der Waals surface area contributed by atoms with Gasteiger partial charge in [-0.25, -0.2) is 4.79 Å². The van der Waals surface area contributed by atoms with E-state index < -0.39 is 24.5 Å². The van der Waals surface area contributed by atoms with E-state index >= 15 is 0 Å². The third-order valence-electron chi connectivity index (χ3n) is 6.78. The molecule has 1 aromatic rings. The Morgan fingerprint density at radius 3 is 2.21 bits per heavy atom. The van der Waals surface area contributed by atoms with Crippen LogP contribution in [0.2, 0.25) is 0 Å². The second-order valence-corrected chi connectivity index (χ2v) is 8.53. The third kappa shape index (κ3) is 3.22. The maximum atomic E-state index is 12.8. The third-order valence-corrected chi connectivity index (χ3v) is 6.78. The molecule has 2 bridgehead atoms. The molecular weight excluding hydrogens is 372 g/mol. The number of aryl methyl sites for hydroxylation is 2. The van der Waals surface area contributed by atoms with Gasteiger partial charge in [-0.3, -0.25) is 19.3 Å². The van der Waals surface area contributed by atoms with Gasteiger partial charge in [0.1, 0.15) is 6.04 Å². The van der Waals surface area contributed by atoms with E-state index in [-0.39, 0.29) is 35.5 Å². The Hall–Kier alpha value is -2.70. The molecule has 5 atom stereocenters. The Morgan fingerprint density at radius 2 is 1.66 bits per heavy atom. The summed E-state index contributed by atoms with van der Waals surface area (Å²) >= 11 is 0. The smallest absolute Gasteiger partial charge is 0.329 e. The summed E-state index contributed by atoms with van der Waals surface area (Å²) in [7, 11) is 0. The molecule has 0 radical (unpaired) electrons. The van der Waals surface area contributed by atoms with E-state index in [0.29, 0.717) is 5.69 Å². The number of hydrogen-bond donors (Lipinski definition) is 1. The van der Waals surface area contributed by atoms with Gasteiger partial charge in [-0.15, -0.1) is 0 Å². The maximum absolute atomic E-state index is 12.8. The molecule has 1 saturated heterocycles. The lowest BCUT2D eigenvalue weighted by Gasteiger charge is -2.23. The number of benzene rings is 1. The minimum Gasteiger partial charge on any atom is -0.454 e. The molecule has 1 aromatic carbocycles. The van der Waals surface area contributed by atoms with E-state index in [2.05, 4.69) is 5.32 Å². The summed E-state index contributed by atoms with van der Waals surface area (Å²) in [6, 6.07) is 4.64. The molecule has 4 rings (SSSR count). The molecule has 7 nitrogen and oxygen atoms in total. The second kappa shape index (κ2) is 7.28. The number of rotatable bonds is 5. The number of para-hydroxylation sites is 1. The van der Waals surface area contributed by atoms with Gasteiger partial charge < -0.3 is 10.1 Å². The summed E-state index contributed by atoms with van der Waals surface area (Å²) in [5.74, 6) is -1.73. The van der Waals surface area contributed by atoms with Crippen LogP contribution < -0.4 is 5.32 Å². The molecule has 3 amide bonds. The highest BCUT2D eigenvalue weighted by atomic mass is 16.5. The Kier molecular flexibility index (Phi) is 4.92. The molecule has 2 saturated carbocycles. The minimum atomic E-state index is -1.02. The van der Waals surface area contributed by atoms with Crippen molar-refractivity contribution < 1.29 is 23.9 Å². The Morgan fingerprint density at radius 1 is 1.10 bits per heavy atom. The van der Waals surface area contributed by atoms with E-state index in [9.17, 15) is 19.2 Å².